The Bertz CT molecular complexity index is 2140. The van der Waals surface area contributed by atoms with E-state index in [4.69, 9.17) is 0 Å². The number of benzene rings is 5. The Balaban J connectivity index is 1.35. The maximum Gasteiger partial charge on any atom is 0.0361 e. The number of thiophene rings is 1. The summed E-state index contributed by atoms with van der Waals surface area (Å²) in [5.41, 5.74) is 14.4. The minimum absolute atomic E-state index is 0.218. The molecule has 1 unspecified atom stereocenters. The lowest BCUT2D eigenvalue weighted by atomic mass is 9.87. The Kier molecular flexibility index (Phi) is 7.50. The van der Waals surface area contributed by atoms with Crippen LogP contribution in [-0.2, 0) is 0 Å². The van der Waals surface area contributed by atoms with Gasteiger partial charge in [-0.3, -0.25) is 0 Å². The summed E-state index contributed by atoms with van der Waals surface area (Å²) >= 11 is 1.90. The number of fused-ring (bicyclic) bond motifs is 7. The minimum Gasteiger partial charge on any atom is -0.135 e. The van der Waals surface area contributed by atoms with Crippen molar-refractivity contribution < 1.29 is 0 Å². The zero-order chi connectivity index (χ0) is 30.2. The zero-order valence-corrected chi connectivity index (χ0v) is 26.6. The first-order valence-corrected chi connectivity index (χ1v) is 16.3. The van der Waals surface area contributed by atoms with Crippen LogP contribution in [0, 0.1) is 0 Å². The second-order valence-corrected chi connectivity index (χ2v) is 12.6. The number of hydrogen-bond donors (Lipinski definition) is 0. The molecule has 1 aliphatic carbocycles. The number of hydrogen-bond acceptors (Lipinski definition) is 1. The molecule has 5 aromatic carbocycles. The lowest BCUT2D eigenvalue weighted by Gasteiger charge is -2.16. The molecule has 0 saturated carbocycles. The fourth-order valence-electron chi connectivity index (χ4n) is 6.80. The minimum atomic E-state index is 0.218. The highest BCUT2D eigenvalue weighted by molar-refractivity contribution is 7.26. The molecule has 0 radical (unpaired) electrons. The van der Waals surface area contributed by atoms with Crippen molar-refractivity contribution in [1.82, 2.24) is 0 Å². The Morgan fingerprint density at radius 1 is 0.682 bits per heavy atom. The van der Waals surface area contributed by atoms with Crippen molar-refractivity contribution in [2.75, 3.05) is 0 Å². The van der Waals surface area contributed by atoms with Gasteiger partial charge >= 0.3 is 0 Å². The first-order chi connectivity index (χ1) is 21.6. The van der Waals surface area contributed by atoms with Gasteiger partial charge in [-0.1, -0.05) is 109 Å². The quantitative estimate of drug-likeness (QED) is 0.171. The van der Waals surface area contributed by atoms with Crippen molar-refractivity contribution >= 4 is 42.7 Å². The molecule has 44 heavy (non-hydrogen) atoms. The normalized spacial score (nSPS) is 15.1. The standard InChI is InChI=1S/C43H36S/c1-5-8-14-28(4)32-25-33(29(7-3)13-6-2)27-34(26-32)30-19-21-31(22-20-30)41-35-15-9-10-16-36(35)42-38(41)23-24-40-43(42)37-17-11-12-18-39(37)44-40/h5-27,41H,1-4H3/b8-5-,13-6-,28-14+,29-7+. The highest BCUT2D eigenvalue weighted by Crippen LogP contribution is 2.53. The molecule has 0 fully saturated rings. The van der Waals surface area contributed by atoms with E-state index in [0.29, 0.717) is 0 Å². The summed E-state index contributed by atoms with van der Waals surface area (Å²) < 4.78 is 2.72. The highest BCUT2D eigenvalue weighted by atomic mass is 32.1. The molecule has 0 spiro atoms. The highest BCUT2D eigenvalue weighted by Gasteiger charge is 2.32. The average Bonchev–Trinajstić information content (AvgIpc) is 3.61. The van der Waals surface area contributed by atoms with Gasteiger partial charge in [0.1, 0.15) is 0 Å². The maximum absolute atomic E-state index is 2.38. The second-order valence-electron chi connectivity index (χ2n) is 11.6. The van der Waals surface area contributed by atoms with Gasteiger partial charge in [0.2, 0.25) is 0 Å². The lowest BCUT2D eigenvalue weighted by molar-refractivity contribution is 1.02. The van der Waals surface area contributed by atoms with Crippen LogP contribution in [0.5, 0.6) is 0 Å². The van der Waals surface area contributed by atoms with Crippen LogP contribution in [0.3, 0.4) is 0 Å². The van der Waals surface area contributed by atoms with Crippen LogP contribution in [0.2, 0.25) is 0 Å². The molecule has 1 heterocycles. The first-order valence-electron chi connectivity index (χ1n) is 15.5. The van der Waals surface area contributed by atoms with E-state index in [9.17, 15) is 0 Å². The summed E-state index contributed by atoms with van der Waals surface area (Å²) in [7, 11) is 0. The average molecular weight is 585 g/mol. The summed E-state index contributed by atoms with van der Waals surface area (Å²) in [4.78, 5) is 0. The predicted molar refractivity (Wildman–Crippen MR) is 195 cm³/mol. The van der Waals surface area contributed by atoms with Gasteiger partial charge < -0.3 is 0 Å². The topological polar surface area (TPSA) is 0 Å². The monoisotopic (exact) mass is 584 g/mol. The van der Waals surface area contributed by atoms with E-state index in [2.05, 4.69) is 167 Å². The Morgan fingerprint density at radius 2 is 1.45 bits per heavy atom. The Morgan fingerprint density at radius 3 is 2.25 bits per heavy atom. The van der Waals surface area contributed by atoms with Gasteiger partial charge in [0.25, 0.3) is 0 Å². The van der Waals surface area contributed by atoms with Gasteiger partial charge in [0, 0.05) is 26.1 Å². The molecule has 6 aromatic rings. The van der Waals surface area contributed by atoms with Crippen LogP contribution in [0.4, 0.5) is 0 Å². The number of rotatable bonds is 6. The van der Waals surface area contributed by atoms with Gasteiger partial charge in [-0.25, -0.2) is 0 Å². The van der Waals surface area contributed by atoms with Gasteiger partial charge in [-0.05, 0) is 119 Å². The van der Waals surface area contributed by atoms with E-state index in [1.807, 2.05) is 11.3 Å². The molecule has 7 rings (SSSR count). The van der Waals surface area contributed by atoms with Crippen LogP contribution in [0.25, 0.3) is 53.6 Å². The van der Waals surface area contributed by atoms with Crippen molar-refractivity contribution in [1.29, 1.82) is 0 Å². The van der Waals surface area contributed by atoms with E-state index in [1.54, 1.807) is 0 Å². The first kappa shape index (κ1) is 28.1. The SMILES string of the molecule is C/C=C\C=C(/C)c1cc(C(/C=C\C)=C/C)cc(-c2ccc(C3c4ccccc4-c4c3ccc3sc5ccccc5c43)cc2)c1. The van der Waals surface area contributed by atoms with E-state index in [-0.39, 0.29) is 5.92 Å². The summed E-state index contributed by atoms with van der Waals surface area (Å²) in [6, 6.07) is 38.9. The van der Waals surface area contributed by atoms with Gasteiger partial charge in [-0.2, -0.15) is 0 Å². The van der Waals surface area contributed by atoms with Crippen molar-refractivity contribution in [3.05, 3.63) is 167 Å². The molecule has 0 amide bonds. The summed E-state index contributed by atoms with van der Waals surface area (Å²) in [5.74, 6) is 0.218. The Labute approximate surface area is 265 Å². The predicted octanol–water partition coefficient (Wildman–Crippen LogP) is 12.8. The van der Waals surface area contributed by atoms with Crippen molar-refractivity contribution in [3.8, 4) is 22.3 Å². The molecule has 0 aliphatic heterocycles. The third-order valence-electron chi connectivity index (χ3n) is 8.92. The molecule has 0 nitrogen and oxygen atoms in total. The van der Waals surface area contributed by atoms with Gasteiger partial charge in [0.15, 0.2) is 0 Å². The molecule has 1 atom stereocenters. The molecule has 0 bridgehead atoms. The summed E-state index contributed by atoms with van der Waals surface area (Å²) in [6.45, 7) is 8.45. The van der Waals surface area contributed by atoms with E-state index in [1.165, 1.54) is 81.4 Å². The molecule has 214 valence electrons. The van der Waals surface area contributed by atoms with Crippen LogP contribution in [-0.4, -0.2) is 0 Å². The third kappa shape index (κ3) is 4.78. The van der Waals surface area contributed by atoms with E-state index < -0.39 is 0 Å². The zero-order valence-electron chi connectivity index (χ0n) is 25.8. The van der Waals surface area contributed by atoms with E-state index >= 15 is 0 Å². The van der Waals surface area contributed by atoms with Crippen molar-refractivity contribution in [2.24, 2.45) is 0 Å². The fraction of sp³-hybridized carbons (Fsp3) is 0.116. The molecule has 1 heteroatoms. The molecular formula is C43H36S. The van der Waals surface area contributed by atoms with Crippen molar-refractivity contribution in [3.63, 3.8) is 0 Å². The Hall–Kier alpha value is -4.72. The second kappa shape index (κ2) is 11.8. The molecule has 0 N–H and O–H groups in total. The maximum atomic E-state index is 2.38. The summed E-state index contributed by atoms with van der Waals surface area (Å²) in [5, 5.41) is 2.77. The van der Waals surface area contributed by atoms with Gasteiger partial charge in [0.05, 0.1) is 0 Å². The molecule has 1 aliphatic rings. The van der Waals surface area contributed by atoms with Crippen LogP contribution < -0.4 is 0 Å². The summed E-state index contributed by atoms with van der Waals surface area (Å²) in [6.07, 6.45) is 12.9. The lowest BCUT2D eigenvalue weighted by Crippen LogP contribution is -1.99. The number of allylic oxidation sites excluding steroid dienone is 8. The van der Waals surface area contributed by atoms with Gasteiger partial charge in [-0.15, -0.1) is 11.3 Å². The smallest absolute Gasteiger partial charge is 0.0361 e. The molecule has 0 saturated heterocycles. The van der Waals surface area contributed by atoms with Crippen LogP contribution in [0.1, 0.15) is 61.4 Å². The largest absolute Gasteiger partial charge is 0.135 e. The van der Waals surface area contributed by atoms with Crippen molar-refractivity contribution in [2.45, 2.75) is 33.6 Å². The fourth-order valence-corrected chi connectivity index (χ4v) is 7.91. The molecule has 1 aromatic heterocycles. The molecular weight excluding hydrogens is 549 g/mol. The van der Waals surface area contributed by atoms with Crippen LogP contribution >= 0.6 is 11.3 Å². The van der Waals surface area contributed by atoms with E-state index in [0.717, 1.165) is 0 Å². The third-order valence-corrected chi connectivity index (χ3v) is 10.1. The van der Waals surface area contributed by atoms with Crippen LogP contribution in [0.15, 0.2) is 140 Å².